The van der Waals surface area contributed by atoms with Crippen molar-refractivity contribution in [1.82, 2.24) is 29.0 Å². The molecule has 4 rings (SSSR count). The summed E-state index contributed by atoms with van der Waals surface area (Å²) < 4.78 is 4.14. The molecule has 3 aromatic heterocycles. The van der Waals surface area contributed by atoms with Crippen LogP contribution in [-0.4, -0.2) is 48.0 Å². The number of carbonyl (C=O) groups is 1. The molecular formula is C19H24N6OS. The minimum atomic E-state index is 0.173. The number of aryl methyl sites for hydroxylation is 1. The van der Waals surface area contributed by atoms with Gasteiger partial charge in [-0.25, -0.2) is 15.0 Å². The Bertz CT molecular complexity index is 876. The molecule has 0 saturated carbocycles. The zero-order valence-corrected chi connectivity index (χ0v) is 16.3. The third-order valence-corrected chi connectivity index (χ3v) is 5.84. The summed E-state index contributed by atoms with van der Waals surface area (Å²) in [5.41, 5.74) is 2.93. The monoisotopic (exact) mass is 384 g/mol. The van der Waals surface area contributed by atoms with E-state index in [-0.39, 0.29) is 5.91 Å². The first kappa shape index (κ1) is 17.9. The van der Waals surface area contributed by atoms with Gasteiger partial charge in [0.15, 0.2) is 0 Å². The number of nitrogens with zero attached hydrogens (tertiary/aromatic N) is 6. The zero-order chi connectivity index (χ0) is 18.6. The van der Waals surface area contributed by atoms with Gasteiger partial charge in [-0.05, 0) is 12.8 Å². The van der Waals surface area contributed by atoms with Crippen LogP contribution in [0.15, 0.2) is 35.7 Å². The van der Waals surface area contributed by atoms with Crippen molar-refractivity contribution in [2.75, 3.05) is 13.1 Å². The van der Waals surface area contributed by atoms with Gasteiger partial charge in [0, 0.05) is 55.6 Å². The highest BCUT2D eigenvalue weighted by Crippen LogP contribution is 2.27. The van der Waals surface area contributed by atoms with Gasteiger partial charge in [0.25, 0.3) is 0 Å². The molecule has 0 radical (unpaired) electrons. The second-order valence-electron chi connectivity index (χ2n) is 6.87. The Balaban J connectivity index is 1.35. The molecule has 3 aromatic rings. The minimum absolute atomic E-state index is 0.173. The van der Waals surface area contributed by atoms with Gasteiger partial charge in [0.05, 0.1) is 17.7 Å². The maximum Gasteiger partial charge on any atom is 0.242 e. The molecule has 0 bridgehead atoms. The van der Waals surface area contributed by atoms with E-state index < -0.39 is 0 Å². The molecule has 0 atom stereocenters. The number of aromatic nitrogens is 5. The maximum absolute atomic E-state index is 12.7. The molecule has 1 fully saturated rings. The second-order valence-corrected chi connectivity index (χ2v) is 7.59. The van der Waals surface area contributed by atoms with Crippen LogP contribution in [0.5, 0.6) is 0 Å². The molecule has 0 N–H and O–H groups in total. The maximum atomic E-state index is 12.7. The van der Waals surface area contributed by atoms with Crippen LogP contribution in [0.3, 0.4) is 0 Å². The number of imidazole rings is 2. The lowest BCUT2D eigenvalue weighted by molar-refractivity contribution is -0.132. The van der Waals surface area contributed by atoms with E-state index in [1.165, 1.54) is 0 Å². The van der Waals surface area contributed by atoms with Crippen LogP contribution in [0.1, 0.15) is 43.0 Å². The van der Waals surface area contributed by atoms with Gasteiger partial charge in [-0.3, -0.25) is 4.79 Å². The predicted octanol–water partition coefficient (Wildman–Crippen LogP) is 2.55. The first-order valence-electron chi connectivity index (χ1n) is 9.40. The molecule has 4 heterocycles. The van der Waals surface area contributed by atoms with Crippen LogP contribution in [0.2, 0.25) is 0 Å². The average Bonchev–Trinajstić information content (AvgIpc) is 3.44. The Morgan fingerprint density at radius 2 is 1.93 bits per heavy atom. The number of likely N-dealkylation sites (tertiary alicyclic amines) is 1. The van der Waals surface area contributed by atoms with Crippen molar-refractivity contribution in [3.05, 3.63) is 53.0 Å². The third-order valence-electron chi connectivity index (χ3n) is 5.20. The van der Waals surface area contributed by atoms with E-state index >= 15 is 0 Å². The molecule has 0 aromatic carbocycles. The summed E-state index contributed by atoms with van der Waals surface area (Å²) in [5.74, 6) is 2.63. The number of thiazole rings is 1. The average molecular weight is 385 g/mol. The minimum Gasteiger partial charge on any atom is -0.341 e. The molecule has 1 aliphatic heterocycles. The fourth-order valence-electron chi connectivity index (χ4n) is 3.74. The highest BCUT2D eigenvalue weighted by Gasteiger charge is 2.26. The van der Waals surface area contributed by atoms with Crippen LogP contribution in [-0.2, 0) is 24.3 Å². The number of amides is 1. The molecule has 1 saturated heterocycles. The number of rotatable bonds is 6. The first-order valence-corrected chi connectivity index (χ1v) is 10.3. The summed E-state index contributed by atoms with van der Waals surface area (Å²) >= 11 is 1.61. The van der Waals surface area contributed by atoms with Gasteiger partial charge in [-0.2, -0.15) is 0 Å². The van der Waals surface area contributed by atoms with Crippen LogP contribution in [0.4, 0.5) is 0 Å². The molecule has 7 nitrogen and oxygen atoms in total. The van der Waals surface area contributed by atoms with Crippen LogP contribution >= 0.6 is 11.3 Å². The summed E-state index contributed by atoms with van der Waals surface area (Å²) in [6, 6.07) is 0. The Labute approximate surface area is 162 Å². The van der Waals surface area contributed by atoms with Crippen molar-refractivity contribution in [1.29, 1.82) is 0 Å². The van der Waals surface area contributed by atoms with Gasteiger partial charge in [0.1, 0.15) is 18.2 Å². The Hall–Kier alpha value is -2.48. The van der Waals surface area contributed by atoms with Crippen molar-refractivity contribution in [3.8, 4) is 0 Å². The topological polar surface area (TPSA) is 68.8 Å². The molecule has 0 spiro atoms. The Kier molecular flexibility index (Phi) is 5.33. The van der Waals surface area contributed by atoms with Crippen LogP contribution in [0.25, 0.3) is 0 Å². The van der Waals surface area contributed by atoms with Crippen molar-refractivity contribution in [2.45, 2.75) is 45.2 Å². The molecule has 142 valence electrons. The highest BCUT2D eigenvalue weighted by molar-refractivity contribution is 7.07. The van der Waals surface area contributed by atoms with E-state index in [2.05, 4.69) is 31.8 Å². The van der Waals surface area contributed by atoms with E-state index in [0.29, 0.717) is 12.5 Å². The van der Waals surface area contributed by atoms with Crippen LogP contribution < -0.4 is 0 Å². The molecule has 1 aliphatic rings. The number of hydrogen-bond acceptors (Lipinski definition) is 5. The SMILES string of the molecule is CCc1nccn1CC(=O)N1CCC(c2nccn2Cc2cscn2)CC1. The number of carbonyl (C=O) groups excluding carboxylic acids is 1. The van der Waals surface area contributed by atoms with Crippen molar-refractivity contribution in [2.24, 2.45) is 0 Å². The lowest BCUT2D eigenvalue weighted by atomic mass is 9.95. The van der Waals surface area contributed by atoms with Gasteiger partial charge < -0.3 is 14.0 Å². The van der Waals surface area contributed by atoms with Crippen molar-refractivity contribution in [3.63, 3.8) is 0 Å². The smallest absolute Gasteiger partial charge is 0.242 e. The summed E-state index contributed by atoms with van der Waals surface area (Å²) in [5, 5.41) is 2.08. The molecule has 0 aliphatic carbocycles. The molecule has 0 unspecified atom stereocenters. The van der Waals surface area contributed by atoms with Gasteiger partial charge in [-0.1, -0.05) is 6.92 Å². The quantitative estimate of drug-likeness (QED) is 0.655. The van der Waals surface area contributed by atoms with Gasteiger partial charge in [-0.15, -0.1) is 11.3 Å². The van der Waals surface area contributed by atoms with Crippen molar-refractivity contribution < 1.29 is 4.79 Å². The Morgan fingerprint density at radius 3 is 2.67 bits per heavy atom. The second kappa shape index (κ2) is 8.04. The van der Waals surface area contributed by atoms with E-state index in [1.54, 1.807) is 17.5 Å². The standard InChI is InChI=1S/C19H24N6OS/c1-2-17-20-5-9-24(17)12-18(26)23-7-3-15(4-8-23)19-21-6-10-25(19)11-16-13-27-14-22-16/h5-6,9-10,13-15H,2-4,7-8,11-12H2,1H3. The van der Waals surface area contributed by atoms with E-state index in [1.807, 2.05) is 33.6 Å². The fraction of sp³-hybridized carbons (Fsp3) is 0.474. The molecule has 8 heteroatoms. The first-order chi connectivity index (χ1) is 13.2. The predicted molar refractivity (Wildman–Crippen MR) is 104 cm³/mol. The number of piperidine rings is 1. The summed E-state index contributed by atoms with van der Waals surface area (Å²) in [6.07, 6.45) is 10.3. The summed E-state index contributed by atoms with van der Waals surface area (Å²) in [7, 11) is 0. The highest BCUT2D eigenvalue weighted by atomic mass is 32.1. The van der Waals surface area contributed by atoms with E-state index in [9.17, 15) is 4.79 Å². The zero-order valence-electron chi connectivity index (χ0n) is 15.5. The lowest BCUT2D eigenvalue weighted by Gasteiger charge is -2.32. The number of hydrogen-bond donors (Lipinski definition) is 0. The van der Waals surface area contributed by atoms with E-state index in [4.69, 9.17) is 0 Å². The summed E-state index contributed by atoms with van der Waals surface area (Å²) in [4.78, 5) is 27.9. The summed E-state index contributed by atoms with van der Waals surface area (Å²) in [6.45, 7) is 4.76. The van der Waals surface area contributed by atoms with Gasteiger partial charge >= 0.3 is 0 Å². The van der Waals surface area contributed by atoms with Crippen LogP contribution in [0, 0.1) is 0 Å². The van der Waals surface area contributed by atoms with E-state index in [0.717, 1.165) is 56.2 Å². The van der Waals surface area contributed by atoms with Crippen molar-refractivity contribution >= 4 is 17.2 Å². The third kappa shape index (κ3) is 3.95. The van der Waals surface area contributed by atoms with Gasteiger partial charge in [0.2, 0.25) is 5.91 Å². The molecular weight excluding hydrogens is 360 g/mol. The molecule has 27 heavy (non-hydrogen) atoms. The molecule has 1 amide bonds. The normalized spacial score (nSPS) is 15.4. The lowest BCUT2D eigenvalue weighted by Crippen LogP contribution is -2.40. The largest absolute Gasteiger partial charge is 0.341 e. The Morgan fingerprint density at radius 1 is 1.15 bits per heavy atom. The fourth-order valence-corrected chi connectivity index (χ4v) is 4.29.